The average Bonchev–Trinajstić information content (AvgIpc) is 2.85. The fraction of sp³-hybridized carbons (Fsp3) is 0.120. The van der Waals surface area contributed by atoms with Gasteiger partial charge >= 0.3 is 5.97 Å². The van der Waals surface area contributed by atoms with Gasteiger partial charge in [-0.05, 0) is 48.0 Å². The Morgan fingerprint density at radius 2 is 1.94 bits per heavy atom. The van der Waals surface area contributed by atoms with E-state index in [1.54, 1.807) is 30.3 Å². The summed E-state index contributed by atoms with van der Waals surface area (Å²) >= 11 is 6.12. The highest BCUT2D eigenvalue weighted by atomic mass is 35.5. The number of hydrogen-bond acceptors (Lipinski definition) is 5. The monoisotopic (exact) mass is 495 g/mol. The molecule has 35 heavy (non-hydrogen) atoms. The summed E-state index contributed by atoms with van der Waals surface area (Å²) in [7, 11) is 0. The number of halogens is 3. The van der Waals surface area contributed by atoms with Crippen LogP contribution in [0.5, 0.6) is 5.75 Å². The van der Waals surface area contributed by atoms with Gasteiger partial charge in [0.15, 0.2) is 5.82 Å². The van der Waals surface area contributed by atoms with E-state index in [-0.39, 0.29) is 35.2 Å². The van der Waals surface area contributed by atoms with E-state index in [0.29, 0.717) is 21.9 Å². The first kappa shape index (κ1) is 23.9. The van der Waals surface area contributed by atoms with Crippen molar-refractivity contribution in [1.82, 2.24) is 9.55 Å². The summed E-state index contributed by atoms with van der Waals surface area (Å²) < 4.78 is 34.0. The Balaban J connectivity index is 1.68. The van der Waals surface area contributed by atoms with Crippen molar-refractivity contribution in [3.05, 3.63) is 93.0 Å². The second kappa shape index (κ2) is 9.91. The fourth-order valence-corrected chi connectivity index (χ4v) is 3.85. The lowest BCUT2D eigenvalue weighted by molar-refractivity contribution is 0.0697. The van der Waals surface area contributed by atoms with Crippen LogP contribution in [0.2, 0.25) is 5.02 Å². The van der Waals surface area contributed by atoms with Crippen molar-refractivity contribution in [2.45, 2.75) is 13.0 Å². The molecule has 4 aromatic rings. The standard InChI is InChI=1S/C25H16ClF2N3O4/c26-17-7-8-20(18(12-17)14-3-1-4-15(11-14)25(33)34)35-10-9-31-23(22(27)28)30-19-6-2-5-16(13-29)21(19)24(31)32/h1-8,11-12,22H,9-10H2,(H,33,34). The van der Waals surface area contributed by atoms with Gasteiger partial charge in [-0.15, -0.1) is 0 Å². The first-order valence-corrected chi connectivity index (χ1v) is 10.7. The third-order valence-electron chi connectivity index (χ3n) is 5.26. The van der Waals surface area contributed by atoms with Crippen molar-refractivity contribution in [3.8, 4) is 22.9 Å². The number of alkyl halides is 2. The summed E-state index contributed by atoms with van der Waals surface area (Å²) in [6, 6.07) is 17.0. The molecule has 0 aliphatic carbocycles. The van der Waals surface area contributed by atoms with Gasteiger partial charge in [0.1, 0.15) is 18.4 Å². The molecule has 176 valence electrons. The van der Waals surface area contributed by atoms with E-state index in [2.05, 4.69) is 4.98 Å². The Labute approximate surface area is 202 Å². The molecule has 0 saturated carbocycles. The van der Waals surface area contributed by atoms with Crippen molar-refractivity contribution < 1.29 is 23.4 Å². The number of rotatable bonds is 7. The van der Waals surface area contributed by atoms with Gasteiger partial charge in [0.2, 0.25) is 0 Å². The second-order valence-corrected chi connectivity index (χ2v) is 7.85. The molecule has 0 bridgehead atoms. The van der Waals surface area contributed by atoms with Gasteiger partial charge in [0.05, 0.1) is 28.6 Å². The Bertz CT molecular complexity index is 1550. The van der Waals surface area contributed by atoms with Crippen LogP contribution >= 0.6 is 11.6 Å². The highest BCUT2D eigenvalue weighted by Crippen LogP contribution is 2.33. The average molecular weight is 496 g/mol. The Morgan fingerprint density at radius 1 is 1.17 bits per heavy atom. The van der Waals surface area contributed by atoms with Crippen molar-refractivity contribution in [1.29, 1.82) is 5.26 Å². The third-order valence-corrected chi connectivity index (χ3v) is 5.50. The summed E-state index contributed by atoms with van der Waals surface area (Å²) in [5.74, 6) is -1.52. The minimum Gasteiger partial charge on any atom is -0.491 e. The summed E-state index contributed by atoms with van der Waals surface area (Å²) in [6.07, 6.45) is -3.03. The number of carbonyl (C=O) groups is 1. The molecule has 1 heterocycles. The lowest BCUT2D eigenvalue weighted by Crippen LogP contribution is -2.28. The molecular formula is C25H16ClF2N3O4. The smallest absolute Gasteiger partial charge is 0.335 e. The van der Waals surface area contributed by atoms with E-state index >= 15 is 0 Å². The SMILES string of the molecule is N#Cc1cccc2nc(C(F)F)n(CCOc3ccc(Cl)cc3-c3cccc(C(=O)O)c3)c(=O)c12. The summed E-state index contributed by atoms with van der Waals surface area (Å²) in [4.78, 5) is 28.3. The minimum absolute atomic E-state index is 0.0137. The molecule has 1 N–H and O–H groups in total. The van der Waals surface area contributed by atoms with Gasteiger partial charge in [-0.2, -0.15) is 5.26 Å². The number of fused-ring (bicyclic) bond motifs is 1. The number of aromatic carboxylic acids is 1. The maximum absolute atomic E-state index is 13.7. The maximum atomic E-state index is 13.7. The lowest BCUT2D eigenvalue weighted by Gasteiger charge is -2.16. The highest BCUT2D eigenvalue weighted by Gasteiger charge is 2.20. The van der Waals surface area contributed by atoms with E-state index in [1.807, 2.05) is 6.07 Å². The number of carboxylic acid groups (broad SMARTS) is 1. The van der Waals surface area contributed by atoms with Crippen molar-refractivity contribution >= 4 is 28.5 Å². The van der Waals surface area contributed by atoms with E-state index < -0.39 is 23.8 Å². The van der Waals surface area contributed by atoms with Crippen molar-refractivity contribution in [3.63, 3.8) is 0 Å². The third kappa shape index (κ3) is 4.83. The zero-order valence-electron chi connectivity index (χ0n) is 17.9. The number of ether oxygens (including phenoxy) is 1. The number of nitrogens with zero attached hydrogens (tertiary/aromatic N) is 3. The molecule has 0 fully saturated rings. The van der Waals surface area contributed by atoms with Crippen LogP contribution in [0.15, 0.2) is 65.5 Å². The summed E-state index contributed by atoms with van der Waals surface area (Å²) in [5.41, 5.74) is 0.367. The molecule has 7 nitrogen and oxygen atoms in total. The van der Waals surface area contributed by atoms with Gasteiger partial charge < -0.3 is 9.84 Å². The maximum Gasteiger partial charge on any atom is 0.335 e. The van der Waals surface area contributed by atoms with E-state index in [0.717, 1.165) is 4.57 Å². The van der Waals surface area contributed by atoms with Gasteiger partial charge in [-0.25, -0.2) is 18.6 Å². The van der Waals surface area contributed by atoms with Crippen LogP contribution in [0.3, 0.4) is 0 Å². The quantitative estimate of drug-likeness (QED) is 0.373. The summed E-state index contributed by atoms with van der Waals surface area (Å²) in [5, 5.41) is 18.9. The topological polar surface area (TPSA) is 105 Å². The largest absolute Gasteiger partial charge is 0.491 e. The molecule has 0 radical (unpaired) electrons. The molecule has 3 aromatic carbocycles. The predicted octanol–water partition coefficient (Wildman–Crippen LogP) is 5.30. The molecular weight excluding hydrogens is 480 g/mol. The number of nitriles is 1. The van der Waals surface area contributed by atoms with Crippen LogP contribution in [-0.2, 0) is 6.54 Å². The zero-order chi connectivity index (χ0) is 25.1. The Kier molecular flexibility index (Phi) is 6.75. The predicted molar refractivity (Wildman–Crippen MR) is 125 cm³/mol. The van der Waals surface area contributed by atoms with Crippen LogP contribution in [-0.4, -0.2) is 27.2 Å². The van der Waals surface area contributed by atoms with Gasteiger partial charge in [0, 0.05) is 10.6 Å². The highest BCUT2D eigenvalue weighted by molar-refractivity contribution is 6.31. The lowest BCUT2D eigenvalue weighted by atomic mass is 10.0. The van der Waals surface area contributed by atoms with Gasteiger partial charge in [-0.3, -0.25) is 9.36 Å². The summed E-state index contributed by atoms with van der Waals surface area (Å²) in [6.45, 7) is -0.451. The van der Waals surface area contributed by atoms with Crippen LogP contribution < -0.4 is 10.3 Å². The van der Waals surface area contributed by atoms with E-state index in [1.165, 1.54) is 30.3 Å². The molecule has 4 rings (SSSR count). The van der Waals surface area contributed by atoms with Crippen LogP contribution in [0.4, 0.5) is 8.78 Å². The van der Waals surface area contributed by atoms with Gasteiger partial charge in [-0.1, -0.05) is 29.8 Å². The molecule has 0 unspecified atom stereocenters. The number of benzene rings is 3. The van der Waals surface area contributed by atoms with Crippen LogP contribution in [0, 0.1) is 11.3 Å². The molecule has 0 aliphatic heterocycles. The Hall–Kier alpha value is -4.29. The van der Waals surface area contributed by atoms with E-state index in [4.69, 9.17) is 16.3 Å². The molecule has 10 heteroatoms. The fourth-order valence-electron chi connectivity index (χ4n) is 3.68. The molecule has 0 amide bonds. The minimum atomic E-state index is -3.03. The van der Waals surface area contributed by atoms with Crippen molar-refractivity contribution in [2.24, 2.45) is 0 Å². The normalized spacial score (nSPS) is 10.9. The van der Waals surface area contributed by atoms with E-state index in [9.17, 15) is 28.7 Å². The van der Waals surface area contributed by atoms with Gasteiger partial charge in [0.25, 0.3) is 12.0 Å². The molecule has 0 aliphatic rings. The molecule has 0 spiro atoms. The molecule has 0 saturated heterocycles. The zero-order valence-corrected chi connectivity index (χ0v) is 18.7. The molecule has 1 aromatic heterocycles. The van der Waals surface area contributed by atoms with Crippen molar-refractivity contribution in [2.75, 3.05) is 6.61 Å². The molecule has 0 atom stereocenters. The first-order valence-electron chi connectivity index (χ1n) is 10.3. The van der Waals surface area contributed by atoms with Crippen LogP contribution in [0.1, 0.15) is 28.2 Å². The first-order chi connectivity index (χ1) is 16.8. The second-order valence-electron chi connectivity index (χ2n) is 7.41. The Morgan fingerprint density at radius 3 is 2.66 bits per heavy atom. The number of aromatic nitrogens is 2. The van der Waals surface area contributed by atoms with Crippen LogP contribution in [0.25, 0.3) is 22.0 Å². The number of carboxylic acids is 1. The number of hydrogen-bond donors (Lipinski definition) is 1.